The summed E-state index contributed by atoms with van der Waals surface area (Å²) in [6, 6.07) is 6.40. The number of hydrogen-bond acceptors (Lipinski definition) is 4. The summed E-state index contributed by atoms with van der Waals surface area (Å²) in [6.45, 7) is 3.81. The Kier molecular flexibility index (Phi) is 8.55. The number of piperidine rings is 1. The first-order valence-electron chi connectivity index (χ1n) is 12.8. The third-order valence-corrected chi connectivity index (χ3v) is 9.61. The van der Waals surface area contributed by atoms with Crippen molar-refractivity contribution < 1.29 is 13.2 Å². The molecule has 2 fully saturated rings. The van der Waals surface area contributed by atoms with E-state index < -0.39 is 16.1 Å². The van der Waals surface area contributed by atoms with E-state index in [1.165, 1.54) is 32.1 Å². The maximum absolute atomic E-state index is 13.6. The second kappa shape index (κ2) is 11.4. The van der Waals surface area contributed by atoms with Crippen LogP contribution in [0.3, 0.4) is 0 Å². The van der Waals surface area contributed by atoms with Gasteiger partial charge in [-0.25, -0.2) is 18.1 Å². The molecule has 1 saturated heterocycles. The van der Waals surface area contributed by atoms with Gasteiger partial charge in [0.2, 0.25) is 15.9 Å². The van der Waals surface area contributed by atoms with E-state index >= 15 is 0 Å². The van der Waals surface area contributed by atoms with Crippen LogP contribution in [0.4, 0.5) is 0 Å². The SMILES string of the molecule is CCS(=O)(=O)N[C@H](Cc1ccc(Cl)cc1)C(=O)N1CCC(Cn2ccnc2)(C2CCCCC2)CC1. The molecule has 35 heavy (non-hydrogen) atoms. The molecule has 0 bridgehead atoms. The Labute approximate surface area is 214 Å². The highest BCUT2D eigenvalue weighted by Crippen LogP contribution is 2.47. The van der Waals surface area contributed by atoms with Crippen molar-refractivity contribution in [2.24, 2.45) is 11.3 Å². The lowest BCUT2D eigenvalue weighted by Crippen LogP contribution is -2.54. The summed E-state index contributed by atoms with van der Waals surface area (Å²) in [4.78, 5) is 19.7. The summed E-state index contributed by atoms with van der Waals surface area (Å²) in [6.07, 6.45) is 14.3. The molecule has 1 saturated carbocycles. The predicted octanol–water partition coefficient (Wildman–Crippen LogP) is 4.28. The maximum Gasteiger partial charge on any atom is 0.241 e. The second-order valence-electron chi connectivity index (χ2n) is 10.2. The molecule has 0 radical (unpaired) electrons. The van der Waals surface area contributed by atoms with E-state index in [2.05, 4.69) is 14.3 Å². The zero-order valence-electron chi connectivity index (χ0n) is 20.5. The fourth-order valence-electron chi connectivity index (χ4n) is 5.88. The summed E-state index contributed by atoms with van der Waals surface area (Å²) in [5, 5.41) is 0.610. The molecule has 0 spiro atoms. The van der Waals surface area contributed by atoms with Crippen molar-refractivity contribution in [1.82, 2.24) is 19.2 Å². The molecule has 2 aliphatic rings. The number of carbonyl (C=O) groups is 1. The number of imidazole rings is 1. The van der Waals surface area contributed by atoms with Crippen LogP contribution in [0, 0.1) is 11.3 Å². The molecule has 1 atom stereocenters. The van der Waals surface area contributed by atoms with Gasteiger partial charge in [0.15, 0.2) is 0 Å². The molecule has 1 aromatic carbocycles. The summed E-state index contributed by atoms with van der Waals surface area (Å²) in [5.41, 5.74) is 1.02. The normalized spacial score (nSPS) is 20.0. The van der Waals surface area contributed by atoms with Crippen molar-refractivity contribution in [2.75, 3.05) is 18.8 Å². The van der Waals surface area contributed by atoms with Crippen LogP contribution in [0.5, 0.6) is 0 Å². The lowest BCUT2D eigenvalue weighted by Gasteiger charge is -2.48. The molecular weight excluding hydrogens is 484 g/mol. The van der Waals surface area contributed by atoms with E-state index in [0.717, 1.165) is 24.9 Å². The van der Waals surface area contributed by atoms with Crippen molar-refractivity contribution in [3.05, 3.63) is 53.6 Å². The van der Waals surface area contributed by atoms with Gasteiger partial charge in [0.05, 0.1) is 12.1 Å². The number of amides is 1. The van der Waals surface area contributed by atoms with Gasteiger partial charge in [0.1, 0.15) is 6.04 Å². The van der Waals surface area contributed by atoms with Gasteiger partial charge < -0.3 is 9.47 Å². The summed E-state index contributed by atoms with van der Waals surface area (Å²) in [5.74, 6) is 0.448. The topological polar surface area (TPSA) is 84.3 Å². The molecule has 0 unspecified atom stereocenters. The van der Waals surface area contributed by atoms with Crippen LogP contribution in [-0.4, -0.2) is 53.7 Å². The van der Waals surface area contributed by atoms with Gasteiger partial charge in [0, 0.05) is 37.1 Å². The van der Waals surface area contributed by atoms with Gasteiger partial charge in [-0.05, 0) is 68.1 Å². The highest BCUT2D eigenvalue weighted by molar-refractivity contribution is 7.89. The van der Waals surface area contributed by atoms with Crippen LogP contribution in [0.1, 0.15) is 57.4 Å². The average molecular weight is 521 g/mol. The fraction of sp³-hybridized carbons (Fsp3) is 0.615. The molecule has 4 rings (SSSR count). The van der Waals surface area contributed by atoms with Crippen molar-refractivity contribution in [3.8, 4) is 0 Å². The Bertz CT molecular complexity index is 1060. The molecule has 1 aromatic heterocycles. The molecule has 1 N–H and O–H groups in total. The summed E-state index contributed by atoms with van der Waals surface area (Å²) >= 11 is 6.01. The molecule has 192 valence electrons. The van der Waals surface area contributed by atoms with Crippen LogP contribution in [0.25, 0.3) is 0 Å². The zero-order valence-corrected chi connectivity index (χ0v) is 22.1. The van der Waals surface area contributed by atoms with Gasteiger partial charge in [-0.15, -0.1) is 0 Å². The Balaban J connectivity index is 1.49. The number of carbonyl (C=O) groups excluding carboxylic acids is 1. The molecule has 9 heteroatoms. The van der Waals surface area contributed by atoms with Crippen LogP contribution in [0.2, 0.25) is 5.02 Å². The van der Waals surface area contributed by atoms with Gasteiger partial charge in [0.25, 0.3) is 0 Å². The lowest BCUT2D eigenvalue weighted by molar-refractivity contribution is -0.136. The maximum atomic E-state index is 13.6. The average Bonchev–Trinajstić information content (AvgIpc) is 3.38. The van der Waals surface area contributed by atoms with Gasteiger partial charge in [-0.2, -0.15) is 0 Å². The van der Waals surface area contributed by atoms with Crippen molar-refractivity contribution in [1.29, 1.82) is 0 Å². The van der Waals surface area contributed by atoms with E-state index in [9.17, 15) is 13.2 Å². The van der Waals surface area contributed by atoms with E-state index in [0.29, 0.717) is 30.5 Å². The minimum Gasteiger partial charge on any atom is -0.341 e. The molecule has 2 heterocycles. The Morgan fingerprint density at radius 3 is 2.46 bits per heavy atom. The number of benzene rings is 1. The van der Waals surface area contributed by atoms with Gasteiger partial charge >= 0.3 is 0 Å². The number of sulfonamides is 1. The minimum absolute atomic E-state index is 0.0624. The number of halogens is 1. The van der Waals surface area contributed by atoms with E-state index in [4.69, 9.17) is 11.6 Å². The Hall–Kier alpha value is -1.90. The molecule has 2 aromatic rings. The zero-order chi connectivity index (χ0) is 24.9. The van der Waals surface area contributed by atoms with Crippen LogP contribution in [-0.2, 0) is 27.8 Å². The highest BCUT2D eigenvalue weighted by atomic mass is 35.5. The number of aromatic nitrogens is 2. The number of rotatable bonds is 9. The first-order valence-corrected chi connectivity index (χ1v) is 14.8. The molecule has 7 nitrogen and oxygen atoms in total. The lowest BCUT2D eigenvalue weighted by atomic mass is 9.63. The minimum atomic E-state index is -3.54. The van der Waals surface area contributed by atoms with Crippen molar-refractivity contribution >= 4 is 27.5 Å². The largest absolute Gasteiger partial charge is 0.341 e. The Morgan fingerprint density at radius 1 is 1.17 bits per heavy atom. The van der Waals surface area contributed by atoms with E-state index in [1.54, 1.807) is 19.1 Å². The first-order chi connectivity index (χ1) is 16.8. The molecular formula is C26H37ClN4O3S. The van der Waals surface area contributed by atoms with Crippen molar-refractivity contribution in [2.45, 2.75) is 70.9 Å². The molecule has 1 amide bonds. The number of nitrogens with one attached hydrogen (secondary N) is 1. The van der Waals surface area contributed by atoms with Gasteiger partial charge in [-0.3, -0.25) is 4.79 Å². The predicted molar refractivity (Wildman–Crippen MR) is 139 cm³/mol. The van der Waals surface area contributed by atoms with E-state index in [-0.39, 0.29) is 17.1 Å². The molecule has 1 aliphatic carbocycles. The monoisotopic (exact) mass is 520 g/mol. The van der Waals surface area contributed by atoms with Crippen molar-refractivity contribution in [3.63, 3.8) is 0 Å². The van der Waals surface area contributed by atoms with E-state index in [1.807, 2.05) is 35.8 Å². The smallest absolute Gasteiger partial charge is 0.241 e. The number of hydrogen-bond donors (Lipinski definition) is 1. The fourth-order valence-corrected chi connectivity index (χ4v) is 6.79. The quantitative estimate of drug-likeness (QED) is 0.535. The molecule has 1 aliphatic heterocycles. The van der Waals surface area contributed by atoms with Crippen LogP contribution >= 0.6 is 11.6 Å². The highest BCUT2D eigenvalue weighted by Gasteiger charge is 2.43. The first kappa shape index (κ1) is 26.2. The summed E-state index contributed by atoms with van der Waals surface area (Å²) < 4.78 is 29.7. The second-order valence-corrected chi connectivity index (χ2v) is 12.6. The number of likely N-dealkylation sites (tertiary alicyclic amines) is 1. The number of nitrogens with zero attached hydrogens (tertiary/aromatic N) is 3. The summed E-state index contributed by atoms with van der Waals surface area (Å²) in [7, 11) is -3.54. The van der Waals surface area contributed by atoms with Crippen LogP contribution in [0.15, 0.2) is 43.0 Å². The van der Waals surface area contributed by atoms with Gasteiger partial charge in [-0.1, -0.05) is 43.0 Å². The van der Waals surface area contributed by atoms with Crippen LogP contribution < -0.4 is 4.72 Å². The third kappa shape index (κ3) is 6.66. The Morgan fingerprint density at radius 2 is 1.86 bits per heavy atom. The third-order valence-electron chi connectivity index (χ3n) is 7.95. The standard InChI is InChI=1S/C26H37ClN4O3S/c1-2-35(33,34)29-24(18-21-8-10-23(27)11-9-21)25(32)31-15-12-26(13-16-31,19-30-17-14-28-20-30)22-6-4-3-5-7-22/h8-11,14,17,20,22,24,29H,2-7,12-13,15-16,18-19H2,1H3/t24-/m1/s1.